The summed E-state index contributed by atoms with van der Waals surface area (Å²) >= 11 is 3.63. The van der Waals surface area contributed by atoms with Crippen LogP contribution >= 0.6 is 15.9 Å². The van der Waals surface area contributed by atoms with Gasteiger partial charge in [-0.25, -0.2) is 9.69 Å². The number of halogens is 1. The number of amides is 4. The minimum Gasteiger partial charge on any atom is -0.488 e. The molecule has 0 radical (unpaired) electrons. The number of anilines is 2. The SMILES string of the molecule is O=C1NC(=O)N(c2cc3c4c(c2)[C@H](c2ccccc2)CCN4CC[C@H]3c2ccccc2)C(=O)/C1=C/c1ccc(OCc2cccc3ccccc23)c(Br)c1. The van der Waals surface area contributed by atoms with E-state index in [-0.39, 0.29) is 17.4 Å². The molecule has 0 spiro atoms. The number of carbonyl (C=O) groups is 3. The zero-order valence-electron chi connectivity index (χ0n) is 29.4. The van der Waals surface area contributed by atoms with Crippen LogP contribution in [0.5, 0.6) is 5.75 Å². The highest BCUT2D eigenvalue weighted by Crippen LogP contribution is 2.50. The van der Waals surface area contributed by atoms with Gasteiger partial charge in [0.15, 0.2) is 0 Å². The van der Waals surface area contributed by atoms with E-state index < -0.39 is 17.8 Å². The molecule has 3 aliphatic heterocycles. The summed E-state index contributed by atoms with van der Waals surface area (Å²) in [6.07, 6.45) is 3.35. The molecule has 0 bridgehead atoms. The van der Waals surface area contributed by atoms with E-state index >= 15 is 0 Å². The van der Waals surface area contributed by atoms with Gasteiger partial charge in [-0.2, -0.15) is 0 Å². The number of imide groups is 2. The molecule has 0 unspecified atom stereocenters. The molecule has 8 heteroatoms. The van der Waals surface area contributed by atoms with Gasteiger partial charge < -0.3 is 9.64 Å². The van der Waals surface area contributed by atoms with E-state index in [0.717, 1.165) is 58.3 Å². The third kappa shape index (κ3) is 6.16. The maximum atomic E-state index is 14.3. The van der Waals surface area contributed by atoms with Crippen molar-refractivity contribution in [1.82, 2.24) is 5.32 Å². The normalized spacial score (nSPS) is 18.8. The van der Waals surface area contributed by atoms with Crippen LogP contribution in [-0.4, -0.2) is 30.9 Å². The smallest absolute Gasteiger partial charge is 0.335 e. The first-order valence-electron chi connectivity index (χ1n) is 18.3. The molecule has 0 aliphatic carbocycles. The summed E-state index contributed by atoms with van der Waals surface area (Å²) in [5, 5.41) is 4.72. The van der Waals surface area contributed by atoms with E-state index in [2.05, 4.69) is 92.9 Å². The molecule has 1 fully saturated rings. The first-order chi connectivity index (χ1) is 26.4. The van der Waals surface area contributed by atoms with Crippen molar-refractivity contribution in [3.8, 4) is 5.75 Å². The summed E-state index contributed by atoms with van der Waals surface area (Å²) in [6.45, 7) is 2.22. The van der Waals surface area contributed by atoms with Crippen LogP contribution in [0.25, 0.3) is 16.8 Å². The van der Waals surface area contributed by atoms with E-state index in [1.165, 1.54) is 22.9 Å². The van der Waals surface area contributed by atoms with Crippen LogP contribution in [0.2, 0.25) is 0 Å². The number of nitrogens with zero attached hydrogens (tertiary/aromatic N) is 2. The maximum Gasteiger partial charge on any atom is 0.335 e. The molecule has 1 N–H and O–H groups in total. The van der Waals surface area contributed by atoms with Gasteiger partial charge in [0, 0.05) is 30.6 Å². The highest BCUT2D eigenvalue weighted by molar-refractivity contribution is 9.10. The molecule has 3 heterocycles. The second-order valence-corrected chi connectivity index (χ2v) is 14.9. The summed E-state index contributed by atoms with van der Waals surface area (Å²) in [6, 6.07) is 43.8. The van der Waals surface area contributed by atoms with Crippen LogP contribution in [0.4, 0.5) is 16.2 Å². The molecule has 266 valence electrons. The molecule has 6 aromatic rings. The van der Waals surface area contributed by atoms with Crippen molar-refractivity contribution in [3.63, 3.8) is 0 Å². The molecule has 4 amide bonds. The minimum atomic E-state index is -0.760. The van der Waals surface area contributed by atoms with Crippen molar-refractivity contribution in [2.24, 2.45) is 0 Å². The Bertz CT molecular complexity index is 2400. The van der Waals surface area contributed by atoms with Gasteiger partial charge in [-0.05, 0) is 103 Å². The standard InChI is InChI=1S/C46H36BrN3O4/c47-41-25-29(18-19-42(41)54-28-33-16-9-15-30-14-7-8-17-35(30)33)24-40-44(51)48-46(53)50(45(40)52)34-26-38-36(31-10-3-1-4-11-31)20-22-49-23-21-37(39(27-34)43(38)49)32-12-5-2-6-13-32/h1-19,24-27,36-37H,20-23,28H2,(H,48,51,53)/b40-24+/t36-,37-/m0/s1. The largest absolute Gasteiger partial charge is 0.488 e. The average Bonchev–Trinajstić information content (AvgIpc) is 3.20. The Morgan fingerprint density at radius 1 is 0.722 bits per heavy atom. The van der Waals surface area contributed by atoms with Crippen molar-refractivity contribution in [3.05, 3.63) is 177 Å². The summed E-state index contributed by atoms with van der Waals surface area (Å²) in [4.78, 5) is 44.9. The van der Waals surface area contributed by atoms with Crippen LogP contribution in [0.3, 0.4) is 0 Å². The van der Waals surface area contributed by atoms with Gasteiger partial charge >= 0.3 is 6.03 Å². The van der Waals surface area contributed by atoms with Gasteiger partial charge in [0.05, 0.1) is 10.2 Å². The summed E-state index contributed by atoms with van der Waals surface area (Å²) < 4.78 is 6.87. The quantitative estimate of drug-likeness (QED) is 0.129. The van der Waals surface area contributed by atoms with Crippen LogP contribution in [-0.2, 0) is 16.2 Å². The lowest BCUT2D eigenvalue weighted by molar-refractivity contribution is -0.122. The molecule has 6 aromatic carbocycles. The zero-order chi connectivity index (χ0) is 36.8. The van der Waals surface area contributed by atoms with Crippen molar-refractivity contribution >= 4 is 62.0 Å². The van der Waals surface area contributed by atoms with Crippen molar-refractivity contribution in [2.75, 3.05) is 22.9 Å². The molecule has 1 saturated heterocycles. The van der Waals surface area contributed by atoms with Gasteiger partial charge in [0.25, 0.3) is 11.8 Å². The first kappa shape index (κ1) is 33.8. The number of fused-ring (bicyclic) bond motifs is 1. The molecule has 9 rings (SSSR count). The van der Waals surface area contributed by atoms with Crippen molar-refractivity contribution in [2.45, 2.75) is 31.3 Å². The predicted octanol–water partition coefficient (Wildman–Crippen LogP) is 9.73. The van der Waals surface area contributed by atoms with Crippen molar-refractivity contribution < 1.29 is 19.1 Å². The van der Waals surface area contributed by atoms with Gasteiger partial charge in [-0.15, -0.1) is 0 Å². The minimum absolute atomic E-state index is 0.0870. The lowest BCUT2D eigenvalue weighted by Gasteiger charge is -2.44. The number of benzene rings is 6. The molecular formula is C46H36BrN3O4. The van der Waals surface area contributed by atoms with Crippen LogP contribution < -0.4 is 19.9 Å². The maximum absolute atomic E-state index is 14.3. The number of nitrogens with one attached hydrogen (secondary N) is 1. The molecule has 0 saturated carbocycles. The Hall–Kier alpha value is -5.99. The van der Waals surface area contributed by atoms with E-state index in [1.807, 2.05) is 54.6 Å². The molecular weight excluding hydrogens is 738 g/mol. The fraction of sp³-hybridized carbons (Fsp3) is 0.152. The average molecular weight is 775 g/mol. The van der Waals surface area contributed by atoms with E-state index in [0.29, 0.717) is 28.1 Å². The number of rotatable bonds is 7. The molecule has 0 aromatic heterocycles. The summed E-state index contributed by atoms with van der Waals surface area (Å²) in [5.41, 5.74) is 7.75. The topological polar surface area (TPSA) is 79.0 Å². The fourth-order valence-corrected chi connectivity index (χ4v) is 8.84. The lowest BCUT2D eigenvalue weighted by Crippen LogP contribution is -2.54. The Labute approximate surface area is 322 Å². The zero-order valence-corrected chi connectivity index (χ0v) is 31.0. The number of carbonyl (C=O) groups excluding carboxylic acids is 3. The highest BCUT2D eigenvalue weighted by Gasteiger charge is 2.40. The molecule has 3 aliphatic rings. The van der Waals surface area contributed by atoms with Gasteiger partial charge in [-0.1, -0.05) is 109 Å². The molecule has 2 atom stereocenters. The summed E-state index contributed by atoms with van der Waals surface area (Å²) in [7, 11) is 0. The Kier molecular flexibility index (Phi) is 8.83. The Morgan fingerprint density at radius 3 is 2.02 bits per heavy atom. The van der Waals surface area contributed by atoms with Gasteiger partial charge in [0.1, 0.15) is 17.9 Å². The third-order valence-electron chi connectivity index (χ3n) is 10.9. The number of barbiturate groups is 1. The number of hydrogen-bond donors (Lipinski definition) is 1. The molecule has 7 nitrogen and oxygen atoms in total. The first-order valence-corrected chi connectivity index (χ1v) is 19.1. The Morgan fingerprint density at radius 2 is 1.35 bits per heavy atom. The number of urea groups is 1. The Balaban J connectivity index is 1.06. The fourth-order valence-electron chi connectivity index (χ4n) is 8.33. The van der Waals surface area contributed by atoms with Crippen LogP contribution in [0.15, 0.2) is 144 Å². The third-order valence-corrected chi connectivity index (χ3v) is 11.5. The van der Waals surface area contributed by atoms with E-state index in [9.17, 15) is 14.4 Å². The highest BCUT2D eigenvalue weighted by atomic mass is 79.9. The molecule has 54 heavy (non-hydrogen) atoms. The number of ether oxygens (including phenoxy) is 1. The monoisotopic (exact) mass is 773 g/mol. The number of hydrogen-bond acceptors (Lipinski definition) is 5. The summed E-state index contributed by atoms with van der Waals surface area (Å²) in [5.74, 6) is -0.602. The predicted molar refractivity (Wildman–Crippen MR) is 216 cm³/mol. The van der Waals surface area contributed by atoms with Gasteiger partial charge in [0.2, 0.25) is 0 Å². The second-order valence-electron chi connectivity index (χ2n) is 14.0. The van der Waals surface area contributed by atoms with Crippen molar-refractivity contribution in [1.29, 1.82) is 0 Å². The van der Waals surface area contributed by atoms with E-state index in [1.54, 1.807) is 12.1 Å². The van der Waals surface area contributed by atoms with Crippen LogP contribution in [0.1, 0.15) is 58.1 Å². The van der Waals surface area contributed by atoms with Gasteiger partial charge in [-0.3, -0.25) is 14.9 Å². The van der Waals surface area contributed by atoms with Crippen LogP contribution in [0, 0.1) is 0 Å². The van der Waals surface area contributed by atoms with E-state index in [4.69, 9.17) is 4.74 Å². The lowest BCUT2D eigenvalue weighted by atomic mass is 9.76. The second kappa shape index (κ2) is 14.1.